The molecule has 0 amide bonds. The molecule has 5 rings (SSSR count). The summed E-state index contributed by atoms with van der Waals surface area (Å²) in [4.78, 5) is 6.76. The number of anilines is 1. The Balaban J connectivity index is 1.52. The summed E-state index contributed by atoms with van der Waals surface area (Å²) in [6.45, 7) is 3.18. The van der Waals surface area contributed by atoms with Crippen LogP contribution in [0, 0.1) is 18.6 Å². The quantitative estimate of drug-likeness (QED) is 0.305. The van der Waals surface area contributed by atoms with Gasteiger partial charge in [0, 0.05) is 59.6 Å². The number of aliphatic hydroxyl groups excluding tert-OH is 1. The van der Waals surface area contributed by atoms with Gasteiger partial charge in [-0.2, -0.15) is 0 Å². The molecule has 5 nitrogen and oxygen atoms in total. The van der Waals surface area contributed by atoms with E-state index in [1.165, 1.54) is 17.0 Å². The lowest BCUT2D eigenvalue weighted by Gasteiger charge is -2.42. The third-order valence-corrected chi connectivity index (χ3v) is 8.01. The van der Waals surface area contributed by atoms with Crippen molar-refractivity contribution in [1.82, 2.24) is 14.8 Å². The molecule has 0 aliphatic carbocycles. The van der Waals surface area contributed by atoms with Crippen molar-refractivity contribution < 1.29 is 27.1 Å². The highest BCUT2D eigenvalue weighted by atomic mass is 19.3. The average molecular weight is 551 g/mol. The zero-order valence-corrected chi connectivity index (χ0v) is 22.2. The molecule has 2 aliphatic rings. The number of nitrogens with zero attached hydrogens (tertiary/aromatic N) is 2. The Morgan fingerprint density at radius 2 is 1.90 bits per heavy atom. The third kappa shape index (κ3) is 5.64. The molecular formula is C29H35F5N4O. The number of H-pyrrole nitrogens is 1. The molecule has 0 spiro atoms. The molecule has 2 aliphatic heterocycles. The van der Waals surface area contributed by atoms with Crippen LogP contribution in [0.15, 0.2) is 30.3 Å². The van der Waals surface area contributed by atoms with Gasteiger partial charge in [-0.25, -0.2) is 17.6 Å². The van der Waals surface area contributed by atoms with Gasteiger partial charge in [-0.3, -0.25) is 9.29 Å². The number of nitrogens with one attached hydrogen (secondary N) is 2. The molecule has 3 aromatic rings. The second kappa shape index (κ2) is 11.1. The first kappa shape index (κ1) is 27.9. The van der Waals surface area contributed by atoms with Crippen LogP contribution in [0.25, 0.3) is 10.9 Å². The molecule has 1 fully saturated rings. The summed E-state index contributed by atoms with van der Waals surface area (Å²) in [5.74, 6) is -5.11. The molecule has 3 N–H and O–H groups in total. The van der Waals surface area contributed by atoms with E-state index in [0.717, 1.165) is 35.0 Å². The minimum absolute atomic E-state index is 0.0349. The third-order valence-electron chi connectivity index (χ3n) is 8.01. The van der Waals surface area contributed by atoms with Gasteiger partial charge in [-0.15, -0.1) is 0 Å². The number of fused-ring (bicyclic) bond motifs is 3. The number of rotatable bonds is 9. The Hall–Kier alpha value is -2.69. The van der Waals surface area contributed by atoms with Crippen LogP contribution in [0.3, 0.4) is 0 Å². The summed E-state index contributed by atoms with van der Waals surface area (Å²) in [7, 11) is 0. The number of benzene rings is 2. The molecule has 0 saturated carbocycles. The molecule has 10 heteroatoms. The van der Waals surface area contributed by atoms with Crippen LogP contribution < -0.4 is 5.32 Å². The number of likely N-dealkylation sites (tertiary alicyclic amines) is 1. The van der Waals surface area contributed by atoms with Crippen molar-refractivity contribution >= 4 is 16.6 Å². The minimum Gasteiger partial charge on any atom is -0.390 e. The van der Waals surface area contributed by atoms with Crippen LogP contribution >= 0.6 is 0 Å². The van der Waals surface area contributed by atoms with E-state index in [9.17, 15) is 18.3 Å². The van der Waals surface area contributed by atoms with Gasteiger partial charge in [0.1, 0.15) is 18.2 Å². The fraction of sp³-hybridized carbons (Fsp3) is 0.517. The van der Waals surface area contributed by atoms with Crippen LogP contribution in [0.1, 0.15) is 48.2 Å². The highest BCUT2D eigenvalue weighted by Gasteiger charge is 2.43. The van der Waals surface area contributed by atoms with Gasteiger partial charge >= 0.3 is 0 Å². The van der Waals surface area contributed by atoms with E-state index in [0.29, 0.717) is 31.6 Å². The lowest BCUT2D eigenvalue weighted by molar-refractivity contribution is -0.0869. The summed E-state index contributed by atoms with van der Waals surface area (Å²) in [5, 5.41) is 13.4. The summed E-state index contributed by atoms with van der Waals surface area (Å²) < 4.78 is 73.2. The highest BCUT2D eigenvalue weighted by molar-refractivity contribution is 5.86. The number of hydrogen-bond acceptors (Lipinski definition) is 4. The normalized spacial score (nSPS) is 22.5. The van der Waals surface area contributed by atoms with Crippen molar-refractivity contribution in [2.45, 2.75) is 57.2 Å². The van der Waals surface area contributed by atoms with Crippen molar-refractivity contribution in [1.29, 1.82) is 0 Å². The van der Waals surface area contributed by atoms with E-state index in [4.69, 9.17) is 0 Å². The zero-order chi connectivity index (χ0) is 27.9. The number of hydrogen-bond donors (Lipinski definition) is 3. The number of aliphatic hydroxyl groups is 1. The molecule has 212 valence electrons. The maximum absolute atomic E-state index is 15.8. The standard InChI is InChI=1S/C29H35F5N4O/c1-17-4-5-25-21(10-17)22-11-18(2)38(15-29(33,34)16-39)28(27(22)36-25)26-23(31)12-20(13-24(26)32)35-19-6-9-37(14-19)8-3-7-30/h4-5,10,12-13,18-19,28,35-36,39H,3,6-9,11,14-16H2,1-2H3/t18-,19-,28-/m0/s1. The molecule has 39 heavy (non-hydrogen) atoms. The smallest absolute Gasteiger partial charge is 0.283 e. The van der Waals surface area contributed by atoms with Gasteiger partial charge < -0.3 is 20.3 Å². The summed E-state index contributed by atoms with van der Waals surface area (Å²) in [6, 6.07) is 6.60. The Labute approximate surface area is 225 Å². The first-order valence-corrected chi connectivity index (χ1v) is 13.5. The number of alkyl halides is 3. The SMILES string of the molecule is Cc1ccc2[nH]c3c(c2c1)C[C@H](C)N(CC(F)(F)CO)[C@H]3c1c(F)cc(N[C@H]2CCN(CCCF)C2)cc1F. The molecule has 3 heterocycles. The van der Waals surface area contributed by atoms with Crippen LogP contribution in [0.4, 0.5) is 27.6 Å². The summed E-state index contributed by atoms with van der Waals surface area (Å²) in [5.41, 5.74) is 3.10. The molecule has 0 radical (unpaired) electrons. The topological polar surface area (TPSA) is 54.5 Å². The lowest BCUT2D eigenvalue weighted by Crippen LogP contribution is -2.49. The van der Waals surface area contributed by atoms with Gasteiger partial charge in [0.25, 0.3) is 5.92 Å². The average Bonchev–Trinajstić information content (AvgIpc) is 3.47. The molecule has 0 bridgehead atoms. The first-order valence-electron chi connectivity index (χ1n) is 13.5. The fourth-order valence-corrected chi connectivity index (χ4v) is 6.14. The van der Waals surface area contributed by atoms with E-state index < -0.39 is 42.8 Å². The van der Waals surface area contributed by atoms with E-state index in [1.807, 2.05) is 25.1 Å². The number of halogens is 5. The maximum atomic E-state index is 15.8. The number of aromatic nitrogens is 1. The maximum Gasteiger partial charge on any atom is 0.283 e. The molecule has 3 atom stereocenters. The van der Waals surface area contributed by atoms with E-state index in [-0.39, 0.29) is 24.0 Å². The second-order valence-corrected chi connectivity index (χ2v) is 11.0. The zero-order valence-electron chi connectivity index (χ0n) is 22.2. The Morgan fingerprint density at radius 1 is 1.15 bits per heavy atom. The molecule has 1 aromatic heterocycles. The Morgan fingerprint density at radius 3 is 2.59 bits per heavy atom. The Kier molecular flexibility index (Phi) is 7.90. The van der Waals surface area contributed by atoms with Gasteiger partial charge in [-0.1, -0.05) is 11.6 Å². The minimum atomic E-state index is -3.45. The molecular weight excluding hydrogens is 515 g/mol. The van der Waals surface area contributed by atoms with E-state index in [1.54, 1.807) is 6.92 Å². The Bertz CT molecular complexity index is 1310. The monoisotopic (exact) mass is 550 g/mol. The van der Waals surface area contributed by atoms with Crippen molar-refractivity contribution in [3.63, 3.8) is 0 Å². The lowest BCUT2D eigenvalue weighted by atomic mass is 9.87. The van der Waals surface area contributed by atoms with Crippen LogP contribution in [0.5, 0.6) is 0 Å². The second-order valence-electron chi connectivity index (χ2n) is 11.0. The summed E-state index contributed by atoms with van der Waals surface area (Å²) >= 11 is 0. The number of aromatic amines is 1. The summed E-state index contributed by atoms with van der Waals surface area (Å²) in [6.07, 6.45) is 1.63. The largest absolute Gasteiger partial charge is 0.390 e. The van der Waals surface area contributed by atoms with Crippen LogP contribution in [-0.2, 0) is 6.42 Å². The predicted molar refractivity (Wildman–Crippen MR) is 142 cm³/mol. The van der Waals surface area contributed by atoms with Crippen molar-refractivity contribution in [3.8, 4) is 0 Å². The van der Waals surface area contributed by atoms with Crippen LogP contribution in [-0.4, -0.2) is 77.4 Å². The molecule has 0 unspecified atom stereocenters. The van der Waals surface area contributed by atoms with Crippen molar-refractivity contribution in [2.24, 2.45) is 0 Å². The molecule has 2 aromatic carbocycles. The van der Waals surface area contributed by atoms with Crippen molar-refractivity contribution in [3.05, 3.63) is 64.4 Å². The fourth-order valence-electron chi connectivity index (χ4n) is 6.14. The number of aryl methyl sites for hydroxylation is 1. The van der Waals surface area contributed by atoms with E-state index >= 15 is 8.78 Å². The van der Waals surface area contributed by atoms with Crippen LogP contribution in [0.2, 0.25) is 0 Å². The van der Waals surface area contributed by atoms with Gasteiger partial charge in [0.2, 0.25) is 0 Å². The van der Waals surface area contributed by atoms with Gasteiger partial charge in [0.05, 0.1) is 19.3 Å². The van der Waals surface area contributed by atoms with Gasteiger partial charge in [0.15, 0.2) is 0 Å². The first-order chi connectivity index (χ1) is 18.6. The van der Waals surface area contributed by atoms with Crippen molar-refractivity contribution in [2.75, 3.05) is 44.8 Å². The molecule has 1 saturated heterocycles. The van der Waals surface area contributed by atoms with E-state index in [2.05, 4.69) is 15.2 Å². The predicted octanol–water partition coefficient (Wildman–Crippen LogP) is 5.56. The highest BCUT2D eigenvalue weighted by Crippen LogP contribution is 2.44. The van der Waals surface area contributed by atoms with Gasteiger partial charge in [-0.05, 0) is 62.9 Å².